The van der Waals surface area contributed by atoms with Gasteiger partial charge >= 0.3 is 0 Å². The molecule has 1 aromatic heterocycles. The summed E-state index contributed by atoms with van der Waals surface area (Å²) < 4.78 is 34.2. The topological polar surface area (TPSA) is 56.1 Å². The SMILES string of the molecule is CC(C)OCc1cccc(CNC(=O)c2nn(-c3ccc(F)c(F)c3)c3c2CCC3)c1. The van der Waals surface area contributed by atoms with Gasteiger partial charge in [-0.05, 0) is 56.4 Å². The van der Waals surface area contributed by atoms with Crippen molar-refractivity contribution in [2.75, 3.05) is 0 Å². The molecular formula is C24H25F2N3O2. The Hall–Kier alpha value is -3.06. The molecule has 1 aliphatic carbocycles. The molecule has 0 spiro atoms. The van der Waals surface area contributed by atoms with Gasteiger partial charge in [0.1, 0.15) is 0 Å². The van der Waals surface area contributed by atoms with E-state index >= 15 is 0 Å². The summed E-state index contributed by atoms with van der Waals surface area (Å²) in [5.74, 6) is -2.12. The molecule has 2 aromatic carbocycles. The van der Waals surface area contributed by atoms with Gasteiger partial charge < -0.3 is 10.1 Å². The Bertz CT molecular complexity index is 1110. The Kier molecular flexibility index (Phi) is 6.13. The largest absolute Gasteiger partial charge is 0.374 e. The summed E-state index contributed by atoms with van der Waals surface area (Å²) in [5.41, 5.74) is 4.52. The number of benzene rings is 2. The fraction of sp³-hybridized carbons (Fsp3) is 0.333. The molecule has 0 saturated carbocycles. The summed E-state index contributed by atoms with van der Waals surface area (Å²) in [4.78, 5) is 12.9. The molecule has 31 heavy (non-hydrogen) atoms. The number of nitrogens with zero attached hydrogens (tertiary/aromatic N) is 2. The number of aromatic nitrogens is 2. The molecular weight excluding hydrogens is 400 g/mol. The highest BCUT2D eigenvalue weighted by Crippen LogP contribution is 2.28. The molecule has 4 rings (SSSR count). The average Bonchev–Trinajstić information content (AvgIpc) is 3.36. The second kappa shape index (κ2) is 8.98. The number of hydrogen-bond acceptors (Lipinski definition) is 3. The molecule has 0 aliphatic heterocycles. The molecule has 5 nitrogen and oxygen atoms in total. The average molecular weight is 425 g/mol. The fourth-order valence-electron chi connectivity index (χ4n) is 3.81. The number of halogens is 2. The van der Waals surface area contributed by atoms with E-state index in [0.717, 1.165) is 53.8 Å². The van der Waals surface area contributed by atoms with Gasteiger partial charge in [0.25, 0.3) is 5.91 Å². The fourth-order valence-corrected chi connectivity index (χ4v) is 3.81. The first-order valence-electron chi connectivity index (χ1n) is 10.5. The predicted octanol–water partition coefficient (Wildman–Crippen LogP) is 4.49. The van der Waals surface area contributed by atoms with Crippen LogP contribution in [0.15, 0.2) is 42.5 Å². The third-order valence-electron chi connectivity index (χ3n) is 5.32. The van der Waals surface area contributed by atoms with E-state index in [2.05, 4.69) is 10.4 Å². The summed E-state index contributed by atoms with van der Waals surface area (Å²) >= 11 is 0. The van der Waals surface area contributed by atoms with E-state index in [1.54, 1.807) is 4.68 Å². The van der Waals surface area contributed by atoms with Crippen LogP contribution in [0.2, 0.25) is 0 Å². The maximum atomic E-state index is 13.7. The Morgan fingerprint density at radius 1 is 1.13 bits per heavy atom. The summed E-state index contributed by atoms with van der Waals surface area (Å²) in [5, 5.41) is 7.38. The molecule has 1 aliphatic rings. The normalized spacial score (nSPS) is 12.9. The molecule has 1 N–H and O–H groups in total. The third-order valence-corrected chi connectivity index (χ3v) is 5.32. The van der Waals surface area contributed by atoms with Gasteiger partial charge in [0.2, 0.25) is 0 Å². The van der Waals surface area contributed by atoms with Crippen molar-refractivity contribution in [2.24, 2.45) is 0 Å². The molecule has 3 aromatic rings. The van der Waals surface area contributed by atoms with Gasteiger partial charge in [0, 0.05) is 23.9 Å². The van der Waals surface area contributed by atoms with Crippen LogP contribution in [0, 0.1) is 11.6 Å². The van der Waals surface area contributed by atoms with Crippen LogP contribution >= 0.6 is 0 Å². The molecule has 0 atom stereocenters. The van der Waals surface area contributed by atoms with Gasteiger partial charge in [-0.25, -0.2) is 13.5 Å². The van der Waals surface area contributed by atoms with E-state index in [4.69, 9.17) is 4.74 Å². The summed E-state index contributed by atoms with van der Waals surface area (Å²) in [6.45, 7) is 4.86. The third kappa shape index (κ3) is 4.66. The van der Waals surface area contributed by atoms with Crippen molar-refractivity contribution in [3.05, 3.63) is 82.2 Å². The first kappa shape index (κ1) is 21.2. The van der Waals surface area contributed by atoms with Crippen LogP contribution in [0.1, 0.15) is 53.1 Å². The van der Waals surface area contributed by atoms with Gasteiger partial charge in [-0.1, -0.05) is 24.3 Å². The van der Waals surface area contributed by atoms with Crippen LogP contribution in [0.25, 0.3) is 5.69 Å². The number of amides is 1. The highest BCUT2D eigenvalue weighted by atomic mass is 19.2. The van der Waals surface area contributed by atoms with Gasteiger partial charge in [-0.2, -0.15) is 5.10 Å². The van der Waals surface area contributed by atoms with Gasteiger partial charge in [0.05, 0.1) is 18.4 Å². The predicted molar refractivity (Wildman–Crippen MR) is 113 cm³/mol. The number of nitrogens with one attached hydrogen (secondary N) is 1. The Labute approximate surface area is 180 Å². The van der Waals surface area contributed by atoms with Crippen LogP contribution in [-0.2, 0) is 30.7 Å². The van der Waals surface area contributed by atoms with Gasteiger partial charge in [-0.3, -0.25) is 4.79 Å². The highest BCUT2D eigenvalue weighted by Gasteiger charge is 2.27. The van der Waals surface area contributed by atoms with Crippen molar-refractivity contribution >= 4 is 5.91 Å². The van der Waals surface area contributed by atoms with Gasteiger partial charge in [0.15, 0.2) is 17.3 Å². The minimum atomic E-state index is -0.938. The maximum Gasteiger partial charge on any atom is 0.272 e. The first-order chi connectivity index (χ1) is 14.9. The molecule has 1 amide bonds. The molecule has 0 bridgehead atoms. The van der Waals surface area contributed by atoms with E-state index in [1.807, 2.05) is 38.1 Å². The summed E-state index contributed by atoms with van der Waals surface area (Å²) in [6.07, 6.45) is 2.53. The second-order valence-corrected chi connectivity index (χ2v) is 8.00. The standard InChI is InChI=1S/C24H25F2N3O2/c1-15(2)31-14-17-6-3-5-16(11-17)13-27-24(30)23-19-7-4-8-22(19)29(28-23)18-9-10-20(25)21(26)12-18/h3,5-6,9-12,15H,4,7-8,13-14H2,1-2H3,(H,27,30). The minimum absolute atomic E-state index is 0.148. The van der Waals surface area contributed by atoms with Crippen molar-refractivity contribution in [1.29, 1.82) is 0 Å². The highest BCUT2D eigenvalue weighted by molar-refractivity contribution is 5.94. The van der Waals surface area contributed by atoms with Gasteiger partial charge in [-0.15, -0.1) is 0 Å². The van der Waals surface area contributed by atoms with Crippen LogP contribution < -0.4 is 5.32 Å². The van der Waals surface area contributed by atoms with E-state index in [0.29, 0.717) is 24.5 Å². The number of carbonyl (C=O) groups excluding carboxylic acids is 1. The van der Waals surface area contributed by atoms with Crippen LogP contribution in [-0.4, -0.2) is 21.8 Å². The molecule has 0 saturated heterocycles. The minimum Gasteiger partial charge on any atom is -0.374 e. The summed E-state index contributed by atoms with van der Waals surface area (Å²) in [7, 11) is 0. The quantitative estimate of drug-likeness (QED) is 0.607. The van der Waals surface area contributed by atoms with Crippen molar-refractivity contribution in [1.82, 2.24) is 15.1 Å². The van der Waals surface area contributed by atoms with Crippen LogP contribution in [0.4, 0.5) is 8.78 Å². The van der Waals surface area contributed by atoms with Crippen molar-refractivity contribution < 1.29 is 18.3 Å². The van der Waals surface area contributed by atoms with Crippen molar-refractivity contribution in [2.45, 2.75) is 52.4 Å². The van der Waals surface area contributed by atoms with Crippen molar-refractivity contribution in [3.63, 3.8) is 0 Å². The van der Waals surface area contributed by atoms with Crippen LogP contribution in [0.5, 0.6) is 0 Å². The smallest absolute Gasteiger partial charge is 0.272 e. The van der Waals surface area contributed by atoms with E-state index < -0.39 is 11.6 Å². The zero-order valence-electron chi connectivity index (χ0n) is 17.6. The van der Waals surface area contributed by atoms with Crippen LogP contribution in [0.3, 0.4) is 0 Å². The number of ether oxygens (including phenoxy) is 1. The molecule has 0 unspecified atom stereocenters. The van der Waals surface area contributed by atoms with Crippen molar-refractivity contribution in [3.8, 4) is 5.69 Å². The summed E-state index contributed by atoms with van der Waals surface area (Å²) in [6, 6.07) is 11.5. The lowest BCUT2D eigenvalue weighted by Gasteiger charge is -2.10. The number of fused-ring (bicyclic) bond motifs is 1. The molecule has 162 valence electrons. The first-order valence-corrected chi connectivity index (χ1v) is 10.5. The number of rotatable bonds is 7. The Morgan fingerprint density at radius 3 is 2.71 bits per heavy atom. The Balaban J connectivity index is 1.51. The van der Waals surface area contributed by atoms with E-state index in [1.165, 1.54) is 6.07 Å². The molecule has 0 radical (unpaired) electrons. The molecule has 1 heterocycles. The second-order valence-electron chi connectivity index (χ2n) is 8.00. The Morgan fingerprint density at radius 2 is 1.94 bits per heavy atom. The zero-order chi connectivity index (χ0) is 22.0. The number of carbonyl (C=O) groups is 1. The lowest BCUT2D eigenvalue weighted by molar-refractivity contribution is 0.0657. The lowest BCUT2D eigenvalue weighted by Crippen LogP contribution is -2.24. The lowest BCUT2D eigenvalue weighted by atomic mass is 10.1. The maximum absolute atomic E-state index is 13.7. The van der Waals surface area contributed by atoms with E-state index in [9.17, 15) is 13.6 Å². The zero-order valence-corrected chi connectivity index (χ0v) is 17.6. The van der Waals surface area contributed by atoms with E-state index in [-0.39, 0.29) is 12.0 Å². The monoisotopic (exact) mass is 425 g/mol. The number of hydrogen-bond donors (Lipinski definition) is 1. The molecule has 0 fully saturated rings. The molecule has 7 heteroatoms.